The Kier molecular flexibility index (Phi) is 2.18. The Morgan fingerprint density at radius 3 is 2.76 bits per heavy atom. The summed E-state index contributed by atoms with van der Waals surface area (Å²) in [6.07, 6.45) is 2.04. The van der Waals surface area contributed by atoms with Gasteiger partial charge in [0, 0.05) is 20.0 Å². The Bertz CT molecular complexity index is 583. The van der Waals surface area contributed by atoms with Gasteiger partial charge in [0.15, 0.2) is 0 Å². The molecule has 1 amide bonds. The molecule has 17 heavy (non-hydrogen) atoms. The molecule has 3 rings (SSSR count). The molecule has 1 aromatic heterocycles. The van der Waals surface area contributed by atoms with Crippen LogP contribution in [0.2, 0.25) is 0 Å². The second-order valence-electron chi connectivity index (χ2n) is 4.63. The number of para-hydroxylation sites is 2. The predicted molar refractivity (Wildman–Crippen MR) is 66.8 cm³/mol. The van der Waals surface area contributed by atoms with E-state index in [2.05, 4.69) is 4.98 Å². The minimum Gasteiger partial charge on any atom is -0.313 e. The van der Waals surface area contributed by atoms with Crippen LogP contribution in [0.25, 0.3) is 11.0 Å². The van der Waals surface area contributed by atoms with E-state index in [1.54, 1.807) is 4.90 Å². The summed E-state index contributed by atoms with van der Waals surface area (Å²) in [5.74, 6) is 1.13. The summed E-state index contributed by atoms with van der Waals surface area (Å²) in [4.78, 5) is 18.2. The van der Waals surface area contributed by atoms with Crippen LogP contribution < -0.4 is 4.90 Å². The van der Waals surface area contributed by atoms with Crippen LogP contribution in [-0.4, -0.2) is 22.5 Å². The summed E-state index contributed by atoms with van der Waals surface area (Å²) in [7, 11) is 3.75. The highest BCUT2D eigenvalue weighted by Crippen LogP contribution is 2.32. The molecule has 0 spiro atoms. The highest BCUT2D eigenvalue weighted by molar-refractivity contribution is 5.96. The lowest BCUT2D eigenvalue weighted by Crippen LogP contribution is -2.29. The summed E-state index contributed by atoms with van der Waals surface area (Å²) >= 11 is 0. The lowest BCUT2D eigenvalue weighted by Gasteiger charge is -2.15. The SMILES string of the molecule is CN(C(=O)C1CC1)c1nc2ccccc2n1C. The van der Waals surface area contributed by atoms with Crippen molar-refractivity contribution in [3.05, 3.63) is 24.3 Å². The molecule has 0 bridgehead atoms. The molecule has 1 saturated carbocycles. The molecule has 0 N–H and O–H groups in total. The maximum Gasteiger partial charge on any atom is 0.232 e. The molecule has 1 aliphatic rings. The molecule has 1 fully saturated rings. The predicted octanol–water partition coefficient (Wildman–Crippen LogP) is 1.95. The van der Waals surface area contributed by atoms with E-state index < -0.39 is 0 Å². The number of aromatic nitrogens is 2. The zero-order valence-corrected chi connectivity index (χ0v) is 10.1. The van der Waals surface area contributed by atoms with Crippen molar-refractivity contribution < 1.29 is 4.79 Å². The number of amides is 1. The van der Waals surface area contributed by atoms with Crippen LogP contribution in [0.15, 0.2) is 24.3 Å². The number of imidazole rings is 1. The first-order valence-corrected chi connectivity index (χ1v) is 5.87. The topological polar surface area (TPSA) is 38.1 Å². The molecule has 0 atom stereocenters. The molecule has 88 valence electrons. The van der Waals surface area contributed by atoms with Crippen LogP contribution in [0.5, 0.6) is 0 Å². The summed E-state index contributed by atoms with van der Waals surface area (Å²) in [5, 5.41) is 0. The van der Waals surface area contributed by atoms with Gasteiger partial charge < -0.3 is 4.57 Å². The maximum atomic E-state index is 12.0. The normalized spacial score (nSPS) is 15.2. The number of hydrogen-bond donors (Lipinski definition) is 0. The molecule has 0 aliphatic heterocycles. The van der Waals surface area contributed by atoms with Gasteiger partial charge in [-0.15, -0.1) is 0 Å². The van der Waals surface area contributed by atoms with E-state index >= 15 is 0 Å². The first-order chi connectivity index (χ1) is 8.18. The van der Waals surface area contributed by atoms with Gasteiger partial charge in [-0.25, -0.2) is 4.98 Å². The Morgan fingerprint density at radius 2 is 2.12 bits per heavy atom. The van der Waals surface area contributed by atoms with E-state index in [0.717, 1.165) is 29.8 Å². The second kappa shape index (κ2) is 3.58. The number of fused-ring (bicyclic) bond motifs is 1. The van der Waals surface area contributed by atoms with Crippen molar-refractivity contribution in [3.8, 4) is 0 Å². The number of carbonyl (C=O) groups is 1. The average molecular weight is 229 g/mol. The second-order valence-corrected chi connectivity index (χ2v) is 4.63. The van der Waals surface area contributed by atoms with Crippen molar-refractivity contribution in [2.24, 2.45) is 13.0 Å². The summed E-state index contributed by atoms with van der Waals surface area (Å²) < 4.78 is 1.97. The zero-order valence-electron chi connectivity index (χ0n) is 10.1. The van der Waals surface area contributed by atoms with E-state index in [-0.39, 0.29) is 11.8 Å². The lowest BCUT2D eigenvalue weighted by atomic mass is 10.3. The summed E-state index contributed by atoms with van der Waals surface area (Å²) in [5.41, 5.74) is 1.98. The van der Waals surface area contributed by atoms with E-state index in [0.29, 0.717) is 0 Å². The van der Waals surface area contributed by atoms with Crippen molar-refractivity contribution >= 4 is 22.9 Å². The van der Waals surface area contributed by atoms with Crippen LogP contribution in [0.1, 0.15) is 12.8 Å². The fourth-order valence-electron chi connectivity index (χ4n) is 2.14. The van der Waals surface area contributed by atoms with Crippen LogP contribution in [0, 0.1) is 5.92 Å². The van der Waals surface area contributed by atoms with Gasteiger partial charge in [0.1, 0.15) is 0 Å². The van der Waals surface area contributed by atoms with Gasteiger partial charge in [0.05, 0.1) is 11.0 Å². The molecule has 0 unspecified atom stereocenters. The highest BCUT2D eigenvalue weighted by atomic mass is 16.2. The third-order valence-corrected chi connectivity index (χ3v) is 3.32. The number of hydrogen-bond acceptors (Lipinski definition) is 2. The maximum absolute atomic E-state index is 12.0. The summed E-state index contributed by atoms with van der Waals surface area (Å²) in [6.45, 7) is 0. The highest BCUT2D eigenvalue weighted by Gasteiger charge is 2.33. The first-order valence-electron chi connectivity index (χ1n) is 5.87. The molecule has 0 saturated heterocycles. The van der Waals surface area contributed by atoms with Gasteiger partial charge in [-0.05, 0) is 25.0 Å². The lowest BCUT2D eigenvalue weighted by molar-refractivity contribution is -0.119. The number of benzene rings is 1. The standard InChI is InChI=1S/C13H15N3O/c1-15-11-6-4-3-5-10(11)14-13(15)16(2)12(17)9-7-8-9/h3-6,9H,7-8H2,1-2H3. The van der Waals surface area contributed by atoms with Crippen molar-refractivity contribution in [1.82, 2.24) is 9.55 Å². The Morgan fingerprint density at radius 1 is 1.41 bits per heavy atom. The monoisotopic (exact) mass is 229 g/mol. The zero-order chi connectivity index (χ0) is 12.0. The van der Waals surface area contributed by atoms with Gasteiger partial charge >= 0.3 is 0 Å². The molecule has 2 aromatic rings. The van der Waals surface area contributed by atoms with Crippen molar-refractivity contribution in [2.75, 3.05) is 11.9 Å². The van der Waals surface area contributed by atoms with E-state index in [9.17, 15) is 4.79 Å². The third kappa shape index (κ3) is 1.60. The smallest absolute Gasteiger partial charge is 0.232 e. The van der Waals surface area contributed by atoms with Gasteiger partial charge in [-0.2, -0.15) is 0 Å². The minimum atomic E-state index is 0.184. The minimum absolute atomic E-state index is 0.184. The molecule has 4 heteroatoms. The molecule has 4 nitrogen and oxygen atoms in total. The van der Waals surface area contributed by atoms with Gasteiger partial charge in [-0.3, -0.25) is 9.69 Å². The van der Waals surface area contributed by atoms with Crippen molar-refractivity contribution in [3.63, 3.8) is 0 Å². The number of aryl methyl sites for hydroxylation is 1. The molecular weight excluding hydrogens is 214 g/mol. The molecular formula is C13H15N3O. The molecule has 1 aliphatic carbocycles. The number of anilines is 1. The Labute approximate surface area is 99.9 Å². The Hall–Kier alpha value is -1.84. The quantitative estimate of drug-likeness (QED) is 0.789. The first kappa shape index (κ1) is 10.3. The van der Waals surface area contributed by atoms with E-state index in [1.807, 2.05) is 42.9 Å². The van der Waals surface area contributed by atoms with Gasteiger partial charge in [0.25, 0.3) is 0 Å². The van der Waals surface area contributed by atoms with E-state index in [1.165, 1.54) is 0 Å². The van der Waals surface area contributed by atoms with Gasteiger partial charge in [-0.1, -0.05) is 12.1 Å². The fraction of sp³-hybridized carbons (Fsp3) is 0.385. The van der Waals surface area contributed by atoms with Crippen molar-refractivity contribution in [2.45, 2.75) is 12.8 Å². The van der Waals surface area contributed by atoms with E-state index in [4.69, 9.17) is 0 Å². The van der Waals surface area contributed by atoms with Crippen LogP contribution in [0.4, 0.5) is 5.95 Å². The average Bonchev–Trinajstić information content (AvgIpc) is 3.14. The van der Waals surface area contributed by atoms with Crippen LogP contribution in [0.3, 0.4) is 0 Å². The molecule has 0 radical (unpaired) electrons. The number of nitrogens with zero attached hydrogens (tertiary/aromatic N) is 3. The number of rotatable bonds is 2. The summed E-state index contributed by atoms with van der Waals surface area (Å²) in [6, 6.07) is 7.92. The van der Waals surface area contributed by atoms with Crippen LogP contribution in [-0.2, 0) is 11.8 Å². The van der Waals surface area contributed by atoms with Gasteiger partial charge in [0.2, 0.25) is 11.9 Å². The largest absolute Gasteiger partial charge is 0.313 e. The third-order valence-electron chi connectivity index (χ3n) is 3.32. The van der Waals surface area contributed by atoms with Crippen molar-refractivity contribution in [1.29, 1.82) is 0 Å². The number of carbonyl (C=O) groups excluding carboxylic acids is 1. The molecule has 1 heterocycles. The van der Waals surface area contributed by atoms with Crippen LogP contribution >= 0.6 is 0 Å². The Balaban J connectivity index is 2.04. The fourth-order valence-corrected chi connectivity index (χ4v) is 2.14. The molecule has 1 aromatic carbocycles.